The third-order valence-electron chi connectivity index (χ3n) is 3.85. The number of hydrogen-bond donors (Lipinski definition) is 2. The highest BCUT2D eigenvalue weighted by Gasteiger charge is 2.34. The minimum atomic E-state index is -0.234. The first-order chi connectivity index (χ1) is 12.2. The molecule has 1 aromatic carbocycles. The molecule has 130 valence electrons. The van der Waals surface area contributed by atoms with Gasteiger partial charge >= 0.3 is 0 Å². The number of hydrogen-bond acceptors (Lipinski definition) is 4. The van der Waals surface area contributed by atoms with E-state index < -0.39 is 0 Å². The van der Waals surface area contributed by atoms with Crippen LogP contribution in [0.15, 0.2) is 46.1 Å². The summed E-state index contributed by atoms with van der Waals surface area (Å²) in [5, 5.41) is 10.4. The second-order valence-electron chi connectivity index (χ2n) is 5.56. The Morgan fingerprint density at radius 2 is 1.84 bits per heavy atom. The summed E-state index contributed by atoms with van der Waals surface area (Å²) in [6, 6.07) is 8.96. The first-order valence-corrected chi connectivity index (χ1v) is 9.13. The zero-order valence-electron chi connectivity index (χ0n) is 14.0. The van der Waals surface area contributed by atoms with Gasteiger partial charge in [0.25, 0.3) is 11.8 Å². The highest BCUT2D eigenvalue weighted by molar-refractivity contribution is 7.07. The molecular weight excluding hydrogens is 336 g/mol. The van der Waals surface area contributed by atoms with Crippen LogP contribution in [0.25, 0.3) is 0 Å². The smallest absolute Gasteiger partial charge is 0.261 e. The summed E-state index contributed by atoms with van der Waals surface area (Å²) < 4.78 is 0. The molecule has 1 aromatic heterocycles. The van der Waals surface area contributed by atoms with Crippen LogP contribution in [0.3, 0.4) is 0 Å². The average Bonchev–Trinajstić information content (AvgIpc) is 3.23. The van der Waals surface area contributed by atoms with Crippen LogP contribution < -0.4 is 10.6 Å². The predicted molar refractivity (Wildman–Crippen MR) is 98.9 cm³/mol. The Balaban J connectivity index is 1.57. The zero-order valence-corrected chi connectivity index (χ0v) is 14.8. The van der Waals surface area contributed by atoms with Crippen molar-refractivity contribution in [3.63, 3.8) is 0 Å². The first-order valence-electron chi connectivity index (χ1n) is 8.19. The van der Waals surface area contributed by atoms with Gasteiger partial charge in [0.05, 0.1) is 17.7 Å². The Labute approximate surface area is 150 Å². The maximum atomic E-state index is 12.3. The molecule has 25 heavy (non-hydrogen) atoms. The number of imide groups is 1. The first kappa shape index (κ1) is 17.2. The third-order valence-corrected chi connectivity index (χ3v) is 4.58. The molecule has 0 aliphatic carbocycles. The van der Waals surface area contributed by atoms with E-state index in [4.69, 9.17) is 0 Å². The van der Waals surface area contributed by atoms with Gasteiger partial charge in [-0.3, -0.25) is 14.5 Å². The molecule has 6 nitrogen and oxygen atoms in total. The van der Waals surface area contributed by atoms with Crippen molar-refractivity contribution < 1.29 is 9.59 Å². The van der Waals surface area contributed by atoms with Crippen LogP contribution in [-0.2, 0) is 6.54 Å². The SMILES string of the molecule is CCNC(=NCc1ccsc1)NCCN1C(=O)c2ccccc2C1=O. The van der Waals surface area contributed by atoms with E-state index in [1.807, 2.05) is 18.4 Å². The van der Waals surface area contributed by atoms with Crippen molar-refractivity contribution in [2.75, 3.05) is 19.6 Å². The number of rotatable bonds is 6. The van der Waals surface area contributed by atoms with Crippen LogP contribution in [0.1, 0.15) is 33.2 Å². The molecule has 2 aromatic rings. The molecule has 3 rings (SSSR count). The molecule has 1 aliphatic rings. The van der Waals surface area contributed by atoms with E-state index in [0.717, 1.165) is 12.1 Å². The quantitative estimate of drug-likeness (QED) is 0.472. The minimum Gasteiger partial charge on any atom is -0.357 e. The Bertz CT molecular complexity index is 751. The molecule has 0 radical (unpaired) electrons. The van der Waals surface area contributed by atoms with E-state index >= 15 is 0 Å². The van der Waals surface area contributed by atoms with Crippen molar-refractivity contribution in [1.82, 2.24) is 15.5 Å². The molecule has 0 saturated carbocycles. The standard InChI is InChI=1S/C18H20N4O2S/c1-2-19-18(21-11-13-7-10-25-12-13)20-8-9-22-16(23)14-5-3-4-6-15(14)17(22)24/h3-7,10,12H,2,8-9,11H2,1H3,(H2,19,20,21). The maximum Gasteiger partial charge on any atom is 0.261 e. The third kappa shape index (κ3) is 3.88. The fourth-order valence-corrected chi connectivity index (χ4v) is 3.28. The maximum absolute atomic E-state index is 12.3. The summed E-state index contributed by atoms with van der Waals surface area (Å²) in [5.41, 5.74) is 2.11. The van der Waals surface area contributed by atoms with Gasteiger partial charge in [-0.15, -0.1) is 0 Å². The Morgan fingerprint density at radius 1 is 1.12 bits per heavy atom. The molecule has 0 bridgehead atoms. The summed E-state index contributed by atoms with van der Waals surface area (Å²) in [5.74, 6) is 0.204. The van der Waals surface area contributed by atoms with E-state index in [-0.39, 0.29) is 11.8 Å². The van der Waals surface area contributed by atoms with Gasteiger partial charge in [-0.05, 0) is 41.4 Å². The Hall–Kier alpha value is -2.67. The summed E-state index contributed by atoms with van der Waals surface area (Å²) in [6.45, 7) is 4.07. The molecular formula is C18H20N4O2S. The van der Waals surface area contributed by atoms with Crippen molar-refractivity contribution in [2.45, 2.75) is 13.5 Å². The highest BCUT2D eigenvalue weighted by Crippen LogP contribution is 2.21. The largest absolute Gasteiger partial charge is 0.357 e. The Kier molecular flexibility index (Phi) is 5.45. The lowest BCUT2D eigenvalue weighted by Crippen LogP contribution is -2.43. The molecule has 0 spiro atoms. The molecule has 1 aliphatic heterocycles. The van der Waals surface area contributed by atoms with E-state index in [1.54, 1.807) is 35.6 Å². The number of thiophene rings is 1. The van der Waals surface area contributed by atoms with Crippen LogP contribution in [-0.4, -0.2) is 42.3 Å². The lowest BCUT2D eigenvalue weighted by molar-refractivity contribution is 0.0657. The molecule has 7 heteroatoms. The summed E-state index contributed by atoms with van der Waals surface area (Å²) >= 11 is 1.64. The van der Waals surface area contributed by atoms with Crippen molar-refractivity contribution in [1.29, 1.82) is 0 Å². The number of nitrogens with zero attached hydrogens (tertiary/aromatic N) is 2. The van der Waals surface area contributed by atoms with E-state index in [0.29, 0.717) is 36.7 Å². The topological polar surface area (TPSA) is 73.8 Å². The lowest BCUT2D eigenvalue weighted by Gasteiger charge is -2.16. The van der Waals surface area contributed by atoms with Crippen molar-refractivity contribution in [3.8, 4) is 0 Å². The normalized spacial score (nSPS) is 14.0. The fraction of sp³-hybridized carbons (Fsp3) is 0.278. The van der Waals surface area contributed by atoms with Crippen LogP contribution in [0.2, 0.25) is 0 Å². The second-order valence-corrected chi connectivity index (χ2v) is 6.34. The molecule has 0 saturated heterocycles. The molecule has 0 atom stereocenters. The summed E-state index contributed by atoms with van der Waals surface area (Å²) in [6.07, 6.45) is 0. The van der Waals surface area contributed by atoms with Gasteiger partial charge < -0.3 is 10.6 Å². The molecule has 0 unspecified atom stereocenters. The number of carbonyl (C=O) groups excluding carboxylic acids is 2. The Morgan fingerprint density at radius 3 is 2.44 bits per heavy atom. The van der Waals surface area contributed by atoms with Gasteiger partial charge in [0.15, 0.2) is 5.96 Å². The number of aliphatic imine (C=N–C) groups is 1. The number of benzene rings is 1. The number of fused-ring (bicyclic) bond motifs is 1. The number of nitrogens with one attached hydrogen (secondary N) is 2. The second kappa shape index (κ2) is 7.94. The van der Waals surface area contributed by atoms with Gasteiger partial charge in [-0.2, -0.15) is 11.3 Å². The van der Waals surface area contributed by atoms with E-state index in [1.165, 1.54) is 4.90 Å². The van der Waals surface area contributed by atoms with Gasteiger partial charge in [0.2, 0.25) is 0 Å². The highest BCUT2D eigenvalue weighted by atomic mass is 32.1. The number of amides is 2. The molecule has 2 amide bonds. The average molecular weight is 356 g/mol. The zero-order chi connectivity index (χ0) is 17.6. The van der Waals surface area contributed by atoms with Crippen LogP contribution in [0.5, 0.6) is 0 Å². The van der Waals surface area contributed by atoms with Crippen molar-refractivity contribution in [3.05, 3.63) is 57.8 Å². The summed E-state index contributed by atoms with van der Waals surface area (Å²) in [7, 11) is 0. The van der Waals surface area contributed by atoms with Crippen molar-refractivity contribution in [2.24, 2.45) is 4.99 Å². The molecule has 2 heterocycles. The van der Waals surface area contributed by atoms with Crippen LogP contribution in [0.4, 0.5) is 0 Å². The lowest BCUT2D eigenvalue weighted by atomic mass is 10.1. The van der Waals surface area contributed by atoms with Gasteiger partial charge in [0.1, 0.15) is 0 Å². The van der Waals surface area contributed by atoms with Gasteiger partial charge in [-0.1, -0.05) is 12.1 Å². The summed E-state index contributed by atoms with van der Waals surface area (Å²) in [4.78, 5) is 30.4. The number of guanidine groups is 1. The fourth-order valence-electron chi connectivity index (χ4n) is 2.62. The van der Waals surface area contributed by atoms with E-state index in [2.05, 4.69) is 21.0 Å². The van der Waals surface area contributed by atoms with Crippen molar-refractivity contribution >= 4 is 29.1 Å². The van der Waals surface area contributed by atoms with E-state index in [9.17, 15) is 9.59 Å². The monoisotopic (exact) mass is 356 g/mol. The molecule has 2 N–H and O–H groups in total. The molecule has 0 fully saturated rings. The van der Waals surface area contributed by atoms with Gasteiger partial charge in [-0.25, -0.2) is 4.99 Å². The number of carbonyl (C=O) groups is 2. The predicted octanol–water partition coefficient (Wildman–Crippen LogP) is 2.10. The van der Waals surface area contributed by atoms with Gasteiger partial charge in [0, 0.05) is 19.6 Å². The minimum absolute atomic E-state index is 0.234. The van der Waals surface area contributed by atoms with Crippen LogP contribution in [0, 0.1) is 0 Å². The van der Waals surface area contributed by atoms with Crippen LogP contribution >= 0.6 is 11.3 Å².